The van der Waals surface area contributed by atoms with E-state index < -0.39 is 0 Å². The van der Waals surface area contributed by atoms with Gasteiger partial charge < -0.3 is 4.74 Å². The third-order valence-corrected chi connectivity index (χ3v) is 2.75. The van der Waals surface area contributed by atoms with Crippen molar-refractivity contribution in [1.82, 2.24) is 5.43 Å². The Kier molecular flexibility index (Phi) is 10.3. The minimum absolute atomic E-state index is 0.316. The van der Waals surface area contributed by atoms with Crippen molar-refractivity contribution >= 4 is 0 Å². The fourth-order valence-electron chi connectivity index (χ4n) is 1.96. The first-order chi connectivity index (χ1) is 7.29. The van der Waals surface area contributed by atoms with Gasteiger partial charge in [0.1, 0.15) is 0 Å². The van der Waals surface area contributed by atoms with Crippen molar-refractivity contribution in [3.05, 3.63) is 0 Å². The highest BCUT2D eigenvalue weighted by Gasteiger charge is 2.18. The Morgan fingerprint density at radius 1 is 1.07 bits per heavy atom. The largest absolute Gasteiger partial charge is 0.380 e. The lowest BCUT2D eigenvalue weighted by atomic mass is 9.91. The summed E-state index contributed by atoms with van der Waals surface area (Å²) >= 11 is 0. The maximum atomic E-state index is 5.59. The van der Waals surface area contributed by atoms with Gasteiger partial charge in [0.2, 0.25) is 0 Å². The van der Waals surface area contributed by atoms with Gasteiger partial charge in [-0.15, -0.1) is 0 Å². The molecule has 0 heterocycles. The van der Waals surface area contributed by atoms with Crippen LogP contribution >= 0.6 is 0 Å². The second-order valence-corrected chi connectivity index (χ2v) is 4.19. The predicted octanol–water partition coefficient (Wildman–Crippen LogP) is 2.46. The van der Waals surface area contributed by atoms with Crippen LogP contribution in [0.1, 0.15) is 52.9 Å². The molecule has 0 aromatic carbocycles. The van der Waals surface area contributed by atoms with Gasteiger partial charge in [0, 0.05) is 12.6 Å². The minimum Gasteiger partial charge on any atom is -0.380 e. The zero-order valence-electron chi connectivity index (χ0n) is 10.6. The molecule has 1 unspecified atom stereocenters. The molecule has 3 heteroatoms. The highest BCUT2D eigenvalue weighted by atomic mass is 16.5. The summed E-state index contributed by atoms with van der Waals surface area (Å²) < 4.78 is 5.57. The zero-order chi connectivity index (χ0) is 11.5. The van der Waals surface area contributed by atoms with Gasteiger partial charge in [-0.3, -0.25) is 11.3 Å². The molecule has 0 aromatic rings. The van der Waals surface area contributed by atoms with E-state index in [2.05, 4.69) is 26.2 Å². The average molecular weight is 216 g/mol. The molecule has 0 rings (SSSR count). The summed E-state index contributed by atoms with van der Waals surface area (Å²) in [7, 11) is 0. The molecule has 0 bridgehead atoms. The third kappa shape index (κ3) is 6.88. The summed E-state index contributed by atoms with van der Waals surface area (Å²) in [6.45, 7) is 8.16. The van der Waals surface area contributed by atoms with Gasteiger partial charge in [-0.05, 0) is 25.2 Å². The zero-order valence-corrected chi connectivity index (χ0v) is 10.6. The Balaban J connectivity index is 3.93. The van der Waals surface area contributed by atoms with E-state index in [0.29, 0.717) is 12.0 Å². The lowest BCUT2D eigenvalue weighted by molar-refractivity contribution is 0.0891. The Hall–Kier alpha value is -0.120. The number of hydrogen-bond acceptors (Lipinski definition) is 3. The van der Waals surface area contributed by atoms with Crippen LogP contribution in [0.25, 0.3) is 0 Å². The molecule has 0 aliphatic heterocycles. The SMILES string of the molecule is CCCOCC(NN)C(CCC)CCC. The molecule has 0 radical (unpaired) electrons. The topological polar surface area (TPSA) is 47.3 Å². The van der Waals surface area contributed by atoms with Crippen LogP contribution in [0, 0.1) is 5.92 Å². The average Bonchev–Trinajstić information content (AvgIpc) is 2.24. The Bertz CT molecular complexity index is 125. The summed E-state index contributed by atoms with van der Waals surface area (Å²) in [4.78, 5) is 0. The Morgan fingerprint density at radius 3 is 2.07 bits per heavy atom. The number of nitrogens with one attached hydrogen (secondary N) is 1. The van der Waals surface area contributed by atoms with Crippen molar-refractivity contribution in [2.24, 2.45) is 11.8 Å². The maximum Gasteiger partial charge on any atom is 0.0635 e. The van der Waals surface area contributed by atoms with Crippen LogP contribution in [0.3, 0.4) is 0 Å². The maximum absolute atomic E-state index is 5.59. The van der Waals surface area contributed by atoms with Crippen LogP contribution in [0.4, 0.5) is 0 Å². The van der Waals surface area contributed by atoms with Crippen LogP contribution in [0.15, 0.2) is 0 Å². The fourth-order valence-corrected chi connectivity index (χ4v) is 1.96. The number of hydrogen-bond donors (Lipinski definition) is 2. The molecule has 0 spiro atoms. The molecule has 0 amide bonds. The quantitative estimate of drug-likeness (QED) is 0.335. The van der Waals surface area contributed by atoms with Gasteiger partial charge in [-0.25, -0.2) is 0 Å². The van der Waals surface area contributed by atoms with Crippen molar-refractivity contribution in [1.29, 1.82) is 0 Å². The van der Waals surface area contributed by atoms with E-state index in [1.807, 2.05) is 0 Å². The molecular formula is C12H28N2O. The molecule has 3 N–H and O–H groups in total. The number of nitrogens with two attached hydrogens (primary N) is 1. The van der Waals surface area contributed by atoms with Crippen molar-refractivity contribution in [2.75, 3.05) is 13.2 Å². The van der Waals surface area contributed by atoms with Crippen LogP contribution in [0.2, 0.25) is 0 Å². The Morgan fingerprint density at radius 2 is 1.67 bits per heavy atom. The van der Waals surface area contributed by atoms with Crippen molar-refractivity contribution in [3.8, 4) is 0 Å². The van der Waals surface area contributed by atoms with Crippen LogP contribution in [0.5, 0.6) is 0 Å². The van der Waals surface area contributed by atoms with E-state index in [0.717, 1.165) is 19.6 Å². The molecule has 0 saturated heterocycles. The first-order valence-electron chi connectivity index (χ1n) is 6.33. The molecule has 15 heavy (non-hydrogen) atoms. The summed E-state index contributed by atoms with van der Waals surface area (Å²) in [5, 5.41) is 0. The van der Waals surface area contributed by atoms with E-state index in [4.69, 9.17) is 10.6 Å². The molecule has 0 aromatic heterocycles. The third-order valence-electron chi connectivity index (χ3n) is 2.75. The normalized spacial score (nSPS) is 13.4. The number of ether oxygens (including phenoxy) is 1. The summed E-state index contributed by atoms with van der Waals surface area (Å²) in [6.07, 6.45) is 5.98. The van der Waals surface area contributed by atoms with Crippen LogP contribution < -0.4 is 11.3 Å². The fraction of sp³-hybridized carbons (Fsp3) is 1.00. The highest BCUT2D eigenvalue weighted by molar-refractivity contribution is 4.73. The van der Waals surface area contributed by atoms with Gasteiger partial charge in [0.15, 0.2) is 0 Å². The monoisotopic (exact) mass is 216 g/mol. The van der Waals surface area contributed by atoms with E-state index in [-0.39, 0.29) is 0 Å². The summed E-state index contributed by atoms with van der Waals surface area (Å²) in [5.74, 6) is 6.24. The molecule has 0 saturated carbocycles. The summed E-state index contributed by atoms with van der Waals surface area (Å²) in [6, 6.07) is 0.316. The van der Waals surface area contributed by atoms with Crippen LogP contribution in [-0.2, 0) is 4.74 Å². The highest BCUT2D eigenvalue weighted by Crippen LogP contribution is 2.17. The molecule has 1 atom stereocenters. The molecule has 0 aliphatic rings. The smallest absolute Gasteiger partial charge is 0.0635 e. The lowest BCUT2D eigenvalue weighted by Crippen LogP contribution is -2.44. The van der Waals surface area contributed by atoms with E-state index in [9.17, 15) is 0 Å². The van der Waals surface area contributed by atoms with E-state index in [1.165, 1.54) is 25.7 Å². The number of rotatable bonds is 10. The van der Waals surface area contributed by atoms with Crippen molar-refractivity contribution in [3.63, 3.8) is 0 Å². The van der Waals surface area contributed by atoms with Gasteiger partial charge >= 0.3 is 0 Å². The van der Waals surface area contributed by atoms with Gasteiger partial charge in [0.05, 0.1) is 6.61 Å². The second-order valence-electron chi connectivity index (χ2n) is 4.19. The lowest BCUT2D eigenvalue weighted by Gasteiger charge is -2.25. The van der Waals surface area contributed by atoms with E-state index >= 15 is 0 Å². The van der Waals surface area contributed by atoms with Gasteiger partial charge in [0.25, 0.3) is 0 Å². The summed E-state index contributed by atoms with van der Waals surface area (Å²) in [5.41, 5.74) is 2.91. The molecule has 0 fully saturated rings. The minimum atomic E-state index is 0.316. The first kappa shape index (κ1) is 14.9. The standard InChI is InChI=1S/C12H28N2O/c1-4-7-11(8-5-2)12(14-13)10-15-9-6-3/h11-12,14H,4-10,13H2,1-3H3. The van der Waals surface area contributed by atoms with Gasteiger partial charge in [-0.1, -0.05) is 33.6 Å². The number of hydrazine groups is 1. The van der Waals surface area contributed by atoms with Crippen LogP contribution in [-0.4, -0.2) is 19.3 Å². The first-order valence-corrected chi connectivity index (χ1v) is 6.33. The predicted molar refractivity (Wildman–Crippen MR) is 65.5 cm³/mol. The molecule has 0 aliphatic carbocycles. The molecule has 92 valence electrons. The molecule has 3 nitrogen and oxygen atoms in total. The van der Waals surface area contributed by atoms with Gasteiger partial charge in [-0.2, -0.15) is 0 Å². The van der Waals surface area contributed by atoms with Crippen molar-refractivity contribution < 1.29 is 4.74 Å². The second kappa shape index (κ2) is 10.4. The molecular weight excluding hydrogens is 188 g/mol. The van der Waals surface area contributed by atoms with Crippen molar-refractivity contribution in [2.45, 2.75) is 58.9 Å². The van der Waals surface area contributed by atoms with E-state index in [1.54, 1.807) is 0 Å². The Labute approximate surface area is 94.7 Å².